The van der Waals surface area contributed by atoms with Crippen molar-refractivity contribution >= 4 is 5.96 Å². The first-order valence-electron chi connectivity index (χ1n) is 8.87. The van der Waals surface area contributed by atoms with Gasteiger partial charge in [0, 0.05) is 32.6 Å². The Bertz CT molecular complexity index is 647. The predicted octanol–water partition coefficient (Wildman–Crippen LogP) is 2.19. The summed E-state index contributed by atoms with van der Waals surface area (Å²) in [7, 11) is 0. The lowest BCUT2D eigenvalue weighted by molar-refractivity contribution is 0.633. The van der Waals surface area contributed by atoms with Crippen LogP contribution in [0.4, 0.5) is 0 Å². The maximum Gasteiger partial charge on any atom is 0.191 e. The highest BCUT2D eigenvalue weighted by molar-refractivity contribution is 5.79. The summed E-state index contributed by atoms with van der Waals surface area (Å²) < 4.78 is 2.06. The molecule has 2 rings (SSSR count). The lowest BCUT2D eigenvalue weighted by atomic mass is 10.1. The predicted molar refractivity (Wildman–Crippen MR) is 103 cm³/mol. The Morgan fingerprint density at radius 3 is 2.88 bits per heavy atom. The normalized spacial score (nSPS) is 11.3. The van der Waals surface area contributed by atoms with E-state index < -0.39 is 0 Å². The first-order chi connectivity index (χ1) is 12.3. The van der Waals surface area contributed by atoms with Crippen LogP contribution in [0.5, 0.6) is 0 Å². The number of nitrogens with zero attached hydrogens (tertiary/aromatic N) is 4. The van der Waals surface area contributed by atoms with E-state index in [9.17, 15) is 0 Å². The van der Waals surface area contributed by atoms with Gasteiger partial charge in [-0.05, 0) is 18.4 Å². The molecular weight excluding hydrogens is 312 g/mol. The topological polar surface area (TPSA) is 67.1 Å². The Balaban J connectivity index is 1.77. The van der Waals surface area contributed by atoms with Gasteiger partial charge in [0.25, 0.3) is 0 Å². The molecule has 0 spiro atoms. The molecule has 0 aliphatic heterocycles. The fourth-order valence-corrected chi connectivity index (χ4v) is 2.50. The number of benzene rings is 1. The number of hydrogen-bond acceptors (Lipinski definition) is 3. The highest BCUT2D eigenvalue weighted by Gasteiger charge is 2.02. The number of aliphatic imine (C=N–C) groups is 1. The van der Waals surface area contributed by atoms with Crippen LogP contribution in [0.1, 0.15) is 24.7 Å². The molecule has 1 aromatic heterocycles. The summed E-state index contributed by atoms with van der Waals surface area (Å²) in [6.45, 7) is 8.89. The van der Waals surface area contributed by atoms with E-state index in [0.29, 0.717) is 6.54 Å². The molecule has 1 aromatic carbocycles. The Morgan fingerprint density at radius 2 is 2.12 bits per heavy atom. The van der Waals surface area contributed by atoms with Crippen LogP contribution < -0.4 is 10.6 Å². The van der Waals surface area contributed by atoms with Gasteiger partial charge < -0.3 is 15.2 Å². The molecule has 2 N–H and O–H groups in total. The van der Waals surface area contributed by atoms with Gasteiger partial charge >= 0.3 is 0 Å². The molecule has 6 nitrogen and oxygen atoms in total. The first kappa shape index (κ1) is 18.7. The SMILES string of the molecule is C=CCNC(=NCCCc1ccccc1)NCCn1cnnc1CC. The molecule has 6 heteroatoms. The number of guanidine groups is 1. The Labute approximate surface area is 150 Å². The largest absolute Gasteiger partial charge is 0.355 e. The number of hydrogen-bond donors (Lipinski definition) is 2. The number of aryl methyl sites for hydroxylation is 2. The van der Waals surface area contributed by atoms with Crippen LogP contribution in [0.3, 0.4) is 0 Å². The van der Waals surface area contributed by atoms with Crippen LogP contribution >= 0.6 is 0 Å². The van der Waals surface area contributed by atoms with E-state index in [0.717, 1.165) is 50.7 Å². The van der Waals surface area contributed by atoms with E-state index in [1.54, 1.807) is 6.33 Å². The van der Waals surface area contributed by atoms with Gasteiger partial charge in [-0.3, -0.25) is 4.99 Å². The van der Waals surface area contributed by atoms with Gasteiger partial charge in [0.05, 0.1) is 0 Å². The van der Waals surface area contributed by atoms with E-state index in [-0.39, 0.29) is 0 Å². The van der Waals surface area contributed by atoms with Crippen molar-refractivity contribution < 1.29 is 0 Å². The van der Waals surface area contributed by atoms with Crippen LogP contribution in [0.25, 0.3) is 0 Å². The number of rotatable bonds is 10. The van der Waals surface area contributed by atoms with Crippen LogP contribution in [-0.2, 0) is 19.4 Å². The Morgan fingerprint density at radius 1 is 1.28 bits per heavy atom. The van der Waals surface area contributed by atoms with Crippen LogP contribution in [0, 0.1) is 0 Å². The average molecular weight is 340 g/mol. The minimum Gasteiger partial charge on any atom is -0.355 e. The van der Waals surface area contributed by atoms with E-state index in [1.807, 2.05) is 12.1 Å². The van der Waals surface area contributed by atoms with Crippen molar-refractivity contribution in [1.82, 2.24) is 25.4 Å². The van der Waals surface area contributed by atoms with Gasteiger partial charge in [-0.1, -0.05) is 43.3 Å². The molecule has 0 fully saturated rings. The summed E-state index contributed by atoms with van der Waals surface area (Å²) in [5, 5.41) is 14.7. The van der Waals surface area contributed by atoms with Gasteiger partial charge in [-0.2, -0.15) is 0 Å². The molecule has 0 aliphatic rings. The monoisotopic (exact) mass is 340 g/mol. The molecular formula is C19H28N6. The van der Waals surface area contributed by atoms with E-state index in [1.165, 1.54) is 5.56 Å². The van der Waals surface area contributed by atoms with Crippen molar-refractivity contribution in [2.24, 2.45) is 4.99 Å². The minimum atomic E-state index is 0.692. The fraction of sp³-hybridized carbons (Fsp3) is 0.421. The second-order valence-corrected chi connectivity index (χ2v) is 5.71. The zero-order valence-electron chi connectivity index (χ0n) is 15.0. The zero-order chi connectivity index (χ0) is 17.7. The molecule has 1 heterocycles. The number of aromatic nitrogens is 3. The summed E-state index contributed by atoms with van der Waals surface area (Å²) in [5.41, 5.74) is 1.35. The maximum absolute atomic E-state index is 4.64. The third-order valence-electron chi connectivity index (χ3n) is 3.81. The molecule has 2 aromatic rings. The van der Waals surface area contributed by atoms with Crippen LogP contribution in [0.15, 0.2) is 54.3 Å². The number of nitrogens with one attached hydrogen (secondary N) is 2. The highest BCUT2D eigenvalue weighted by atomic mass is 15.3. The fourth-order valence-electron chi connectivity index (χ4n) is 2.50. The third-order valence-corrected chi connectivity index (χ3v) is 3.81. The smallest absolute Gasteiger partial charge is 0.191 e. The molecule has 0 unspecified atom stereocenters. The molecule has 0 bridgehead atoms. The quantitative estimate of drug-likeness (QED) is 0.301. The Kier molecular flexibility index (Phi) is 8.24. The van der Waals surface area contributed by atoms with Gasteiger partial charge in [0.15, 0.2) is 5.96 Å². The van der Waals surface area contributed by atoms with Crippen LogP contribution in [-0.4, -0.2) is 40.4 Å². The van der Waals surface area contributed by atoms with Gasteiger partial charge in [0.1, 0.15) is 12.2 Å². The van der Waals surface area contributed by atoms with E-state index >= 15 is 0 Å². The summed E-state index contributed by atoms with van der Waals surface area (Å²) in [6, 6.07) is 10.5. The summed E-state index contributed by atoms with van der Waals surface area (Å²) in [4.78, 5) is 4.64. The molecule has 0 saturated heterocycles. The zero-order valence-corrected chi connectivity index (χ0v) is 15.0. The van der Waals surface area contributed by atoms with Gasteiger partial charge in [-0.25, -0.2) is 0 Å². The Hall–Kier alpha value is -2.63. The standard InChI is InChI=1S/C19H28N6/c1-3-12-20-19(21-13-8-11-17-9-6-5-7-10-17)22-14-15-25-16-23-24-18(25)4-2/h3,5-7,9-10,16H,1,4,8,11-15H2,2H3,(H2,20,21,22). The van der Waals surface area contributed by atoms with Crippen molar-refractivity contribution in [2.75, 3.05) is 19.6 Å². The molecule has 0 aliphatic carbocycles. The first-order valence-corrected chi connectivity index (χ1v) is 8.87. The molecule has 134 valence electrons. The lowest BCUT2D eigenvalue weighted by Gasteiger charge is -2.12. The average Bonchev–Trinajstić information content (AvgIpc) is 3.11. The van der Waals surface area contributed by atoms with Gasteiger partial charge in [0.2, 0.25) is 0 Å². The summed E-state index contributed by atoms with van der Waals surface area (Å²) in [5.74, 6) is 1.82. The van der Waals surface area contributed by atoms with Crippen molar-refractivity contribution in [3.63, 3.8) is 0 Å². The molecule has 0 saturated carbocycles. The minimum absolute atomic E-state index is 0.692. The van der Waals surface area contributed by atoms with Crippen LogP contribution in [0.2, 0.25) is 0 Å². The highest BCUT2D eigenvalue weighted by Crippen LogP contribution is 2.02. The molecule has 0 radical (unpaired) electrons. The second-order valence-electron chi connectivity index (χ2n) is 5.71. The van der Waals surface area contributed by atoms with Gasteiger partial charge in [-0.15, -0.1) is 16.8 Å². The van der Waals surface area contributed by atoms with Crippen molar-refractivity contribution in [2.45, 2.75) is 32.7 Å². The molecule has 0 atom stereocenters. The van der Waals surface area contributed by atoms with E-state index in [2.05, 4.69) is 68.2 Å². The molecule has 25 heavy (non-hydrogen) atoms. The second kappa shape index (κ2) is 11.0. The third kappa shape index (κ3) is 6.79. The van der Waals surface area contributed by atoms with Crippen molar-refractivity contribution in [3.8, 4) is 0 Å². The molecule has 0 amide bonds. The summed E-state index contributed by atoms with van der Waals surface area (Å²) >= 11 is 0. The summed E-state index contributed by atoms with van der Waals surface area (Å²) in [6.07, 6.45) is 6.55. The lowest BCUT2D eigenvalue weighted by Crippen LogP contribution is -2.39. The van der Waals surface area contributed by atoms with Crippen molar-refractivity contribution in [3.05, 3.63) is 60.7 Å². The van der Waals surface area contributed by atoms with Crippen molar-refractivity contribution in [1.29, 1.82) is 0 Å². The van der Waals surface area contributed by atoms with E-state index in [4.69, 9.17) is 0 Å². The maximum atomic E-state index is 4.64.